The van der Waals surface area contributed by atoms with Crippen molar-refractivity contribution in [2.45, 2.75) is 19.2 Å². The largest absolute Gasteiger partial charge is 0.368 e. The van der Waals surface area contributed by atoms with Crippen LogP contribution in [0.3, 0.4) is 0 Å². The van der Waals surface area contributed by atoms with E-state index in [9.17, 15) is 0 Å². The monoisotopic (exact) mass is 319 g/mol. The summed E-state index contributed by atoms with van der Waals surface area (Å²) in [6.07, 6.45) is 3.62. The van der Waals surface area contributed by atoms with Gasteiger partial charge in [-0.2, -0.15) is 0 Å². The summed E-state index contributed by atoms with van der Waals surface area (Å²) < 4.78 is 5.88. The Morgan fingerprint density at radius 1 is 1.36 bits per heavy atom. The zero-order valence-corrected chi connectivity index (χ0v) is 13.8. The molecule has 1 saturated heterocycles. The van der Waals surface area contributed by atoms with Crippen molar-refractivity contribution >= 4 is 11.3 Å². The van der Waals surface area contributed by atoms with Crippen molar-refractivity contribution in [3.05, 3.63) is 40.4 Å². The third-order valence-corrected chi connectivity index (χ3v) is 4.26. The lowest BCUT2D eigenvalue weighted by atomic mass is 10.2. The van der Waals surface area contributed by atoms with E-state index in [0.717, 1.165) is 42.7 Å². The number of rotatable bonds is 5. The van der Waals surface area contributed by atoms with Gasteiger partial charge < -0.3 is 9.64 Å². The molecule has 0 unspecified atom stereocenters. The van der Waals surface area contributed by atoms with Gasteiger partial charge in [0.15, 0.2) is 5.82 Å². The van der Waals surface area contributed by atoms with Crippen LogP contribution >= 0.6 is 11.3 Å². The maximum Gasteiger partial charge on any atom is 0.158 e. The van der Waals surface area contributed by atoms with Gasteiger partial charge in [-0.05, 0) is 20.2 Å². The summed E-state index contributed by atoms with van der Waals surface area (Å²) in [6, 6.07) is 1.96. The topological polar surface area (TPSA) is 54.4 Å². The lowest BCUT2D eigenvalue weighted by Crippen LogP contribution is -2.38. The third-order valence-electron chi connectivity index (χ3n) is 3.49. The van der Waals surface area contributed by atoms with E-state index in [-0.39, 0.29) is 6.10 Å². The summed E-state index contributed by atoms with van der Waals surface area (Å²) in [5, 5.41) is 3.16. The molecule has 2 aromatic heterocycles. The van der Waals surface area contributed by atoms with Crippen LogP contribution in [-0.4, -0.2) is 58.5 Å². The molecule has 7 heteroatoms. The van der Waals surface area contributed by atoms with Crippen molar-refractivity contribution < 1.29 is 4.74 Å². The Kier molecular flexibility index (Phi) is 5.09. The number of aromatic nitrogens is 3. The Hall–Kier alpha value is -1.41. The molecule has 3 rings (SSSR count). The second-order valence-corrected chi connectivity index (χ2v) is 6.64. The zero-order valence-electron chi connectivity index (χ0n) is 13.0. The van der Waals surface area contributed by atoms with Crippen LogP contribution in [-0.2, 0) is 17.8 Å². The van der Waals surface area contributed by atoms with Gasteiger partial charge >= 0.3 is 0 Å². The van der Waals surface area contributed by atoms with Gasteiger partial charge in [-0.25, -0.2) is 15.0 Å². The van der Waals surface area contributed by atoms with Crippen LogP contribution in [0.4, 0.5) is 0 Å². The molecule has 118 valence electrons. The second-order valence-electron chi connectivity index (χ2n) is 5.66. The van der Waals surface area contributed by atoms with E-state index in [4.69, 9.17) is 4.74 Å². The molecule has 1 aliphatic rings. The van der Waals surface area contributed by atoms with E-state index in [1.807, 2.05) is 37.9 Å². The molecule has 3 heterocycles. The molecule has 0 saturated carbocycles. The average Bonchev–Trinajstić information content (AvgIpc) is 3.00. The Morgan fingerprint density at radius 2 is 2.27 bits per heavy atom. The number of morpholine rings is 1. The van der Waals surface area contributed by atoms with Gasteiger partial charge in [0.2, 0.25) is 0 Å². The van der Waals surface area contributed by atoms with Crippen molar-refractivity contribution in [3.8, 4) is 0 Å². The second kappa shape index (κ2) is 7.23. The van der Waals surface area contributed by atoms with Gasteiger partial charge in [0.1, 0.15) is 11.1 Å². The normalized spacial score (nSPS) is 19.7. The van der Waals surface area contributed by atoms with Crippen LogP contribution in [0.5, 0.6) is 0 Å². The summed E-state index contributed by atoms with van der Waals surface area (Å²) in [7, 11) is 4.07. The van der Waals surface area contributed by atoms with Crippen LogP contribution in [0.1, 0.15) is 22.6 Å². The minimum Gasteiger partial charge on any atom is -0.368 e. The van der Waals surface area contributed by atoms with Crippen molar-refractivity contribution in [1.82, 2.24) is 24.8 Å². The molecule has 1 atom stereocenters. The fourth-order valence-electron chi connectivity index (χ4n) is 2.50. The lowest BCUT2D eigenvalue weighted by Gasteiger charge is -2.31. The van der Waals surface area contributed by atoms with E-state index in [2.05, 4.69) is 24.8 Å². The molecule has 0 bridgehead atoms. The van der Waals surface area contributed by atoms with Gasteiger partial charge in [-0.15, -0.1) is 11.3 Å². The first-order chi connectivity index (χ1) is 10.7. The summed E-state index contributed by atoms with van der Waals surface area (Å²) in [5.41, 5.74) is 1.02. The molecule has 0 amide bonds. The molecule has 0 N–H and O–H groups in total. The highest BCUT2D eigenvalue weighted by atomic mass is 32.1. The van der Waals surface area contributed by atoms with Gasteiger partial charge in [-0.3, -0.25) is 4.90 Å². The molecular weight excluding hydrogens is 298 g/mol. The van der Waals surface area contributed by atoms with Crippen molar-refractivity contribution in [3.63, 3.8) is 0 Å². The molecule has 0 spiro atoms. The fourth-order valence-corrected chi connectivity index (χ4v) is 3.16. The highest BCUT2D eigenvalue weighted by molar-refractivity contribution is 7.09. The third kappa shape index (κ3) is 4.07. The Morgan fingerprint density at radius 3 is 3.05 bits per heavy atom. The number of hydrogen-bond donors (Lipinski definition) is 0. The van der Waals surface area contributed by atoms with Crippen LogP contribution in [0.15, 0.2) is 23.8 Å². The summed E-state index contributed by atoms with van der Waals surface area (Å²) in [4.78, 5) is 17.9. The summed E-state index contributed by atoms with van der Waals surface area (Å²) in [6.45, 7) is 4.12. The van der Waals surface area contributed by atoms with Crippen LogP contribution in [0.2, 0.25) is 0 Å². The molecular formula is C15H21N5OS. The number of thiazole rings is 1. The molecule has 22 heavy (non-hydrogen) atoms. The number of hydrogen-bond acceptors (Lipinski definition) is 7. The van der Waals surface area contributed by atoms with Gasteiger partial charge in [0.05, 0.1) is 18.8 Å². The van der Waals surface area contributed by atoms with Crippen molar-refractivity contribution in [2.24, 2.45) is 0 Å². The first-order valence-electron chi connectivity index (χ1n) is 7.39. The lowest BCUT2D eigenvalue weighted by molar-refractivity contribution is -0.0373. The SMILES string of the molecule is CN(C)Cc1ccnc([C@@H]2CN(Cc3nccs3)CCO2)n1. The molecule has 2 aromatic rings. The van der Waals surface area contributed by atoms with E-state index in [0.29, 0.717) is 6.61 Å². The minimum absolute atomic E-state index is 0.0594. The minimum atomic E-state index is -0.0594. The van der Waals surface area contributed by atoms with Crippen LogP contribution in [0, 0.1) is 0 Å². The average molecular weight is 319 g/mol. The first-order valence-corrected chi connectivity index (χ1v) is 8.27. The van der Waals surface area contributed by atoms with E-state index < -0.39 is 0 Å². The van der Waals surface area contributed by atoms with E-state index in [1.54, 1.807) is 11.3 Å². The highest BCUT2D eigenvalue weighted by Gasteiger charge is 2.24. The molecule has 1 fully saturated rings. The van der Waals surface area contributed by atoms with Crippen molar-refractivity contribution in [2.75, 3.05) is 33.8 Å². The van der Waals surface area contributed by atoms with Gasteiger partial charge in [0.25, 0.3) is 0 Å². The number of nitrogens with zero attached hydrogens (tertiary/aromatic N) is 5. The molecule has 0 aliphatic carbocycles. The predicted octanol–water partition coefficient (Wildman–Crippen LogP) is 1.57. The Bertz CT molecular complexity index is 589. The predicted molar refractivity (Wildman–Crippen MR) is 85.5 cm³/mol. The summed E-state index contributed by atoms with van der Waals surface area (Å²) >= 11 is 1.69. The standard InChI is InChI=1S/C15H21N5OS/c1-19(2)9-12-3-4-17-15(18-12)13-10-20(6-7-21-13)11-14-16-5-8-22-14/h3-5,8,13H,6-7,9-11H2,1-2H3/t13-/m0/s1. The first kappa shape index (κ1) is 15.5. The van der Waals surface area contributed by atoms with Crippen LogP contribution in [0.25, 0.3) is 0 Å². The molecule has 6 nitrogen and oxygen atoms in total. The van der Waals surface area contributed by atoms with Gasteiger partial charge in [0, 0.05) is 37.4 Å². The molecule has 1 aliphatic heterocycles. The summed E-state index contributed by atoms with van der Waals surface area (Å²) in [5.74, 6) is 0.781. The van der Waals surface area contributed by atoms with Gasteiger partial charge in [-0.1, -0.05) is 0 Å². The Labute approximate surface area is 134 Å². The number of ether oxygens (including phenoxy) is 1. The molecule has 0 radical (unpaired) electrons. The maximum absolute atomic E-state index is 5.88. The van der Waals surface area contributed by atoms with E-state index in [1.165, 1.54) is 0 Å². The maximum atomic E-state index is 5.88. The van der Waals surface area contributed by atoms with Crippen LogP contribution < -0.4 is 0 Å². The highest BCUT2D eigenvalue weighted by Crippen LogP contribution is 2.21. The fraction of sp³-hybridized carbons (Fsp3) is 0.533. The smallest absolute Gasteiger partial charge is 0.158 e. The molecule has 0 aromatic carbocycles. The van der Waals surface area contributed by atoms with E-state index >= 15 is 0 Å². The zero-order chi connectivity index (χ0) is 15.4. The Balaban J connectivity index is 1.66. The van der Waals surface area contributed by atoms with Crippen molar-refractivity contribution in [1.29, 1.82) is 0 Å². The quantitative estimate of drug-likeness (QED) is 0.834.